The summed E-state index contributed by atoms with van der Waals surface area (Å²) in [5.41, 5.74) is 3.89. The van der Waals surface area contributed by atoms with Gasteiger partial charge in [-0.15, -0.1) is 0 Å². The first-order valence-electron chi connectivity index (χ1n) is 6.70. The largest absolute Gasteiger partial charge is 0.497 e. The van der Waals surface area contributed by atoms with Gasteiger partial charge in [0.2, 0.25) is 0 Å². The highest BCUT2D eigenvalue weighted by atomic mass is 79.9. The molecule has 2 aromatic rings. The van der Waals surface area contributed by atoms with Crippen molar-refractivity contribution in [1.29, 1.82) is 0 Å². The fraction of sp³-hybridized carbons (Fsp3) is 0.294. The standard InChI is InChI=1S/C17H20BrNO/c1-12-10-15(20-3)8-9-16(12)17(19-2)11-13-4-6-14(18)7-5-13/h4-10,17,19H,11H2,1-3H3. The van der Waals surface area contributed by atoms with E-state index in [1.54, 1.807) is 7.11 Å². The van der Waals surface area contributed by atoms with Gasteiger partial charge in [-0.25, -0.2) is 0 Å². The number of nitrogens with one attached hydrogen (secondary N) is 1. The van der Waals surface area contributed by atoms with Crippen LogP contribution in [0.15, 0.2) is 46.9 Å². The molecule has 106 valence electrons. The third-order valence-electron chi connectivity index (χ3n) is 3.55. The number of ether oxygens (including phenoxy) is 1. The smallest absolute Gasteiger partial charge is 0.119 e. The van der Waals surface area contributed by atoms with Crippen LogP contribution in [-0.4, -0.2) is 14.2 Å². The Morgan fingerprint density at radius 3 is 2.40 bits per heavy atom. The summed E-state index contributed by atoms with van der Waals surface area (Å²) in [5, 5.41) is 3.41. The van der Waals surface area contributed by atoms with Gasteiger partial charge in [-0.3, -0.25) is 0 Å². The van der Waals surface area contributed by atoms with Gasteiger partial charge in [0, 0.05) is 10.5 Å². The molecule has 0 saturated heterocycles. The van der Waals surface area contributed by atoms with Crippen molar-refractivity contribution < 1.29 is 4.74 Å². The molecule has 0 aromatic heterocycles. The number of hydrogen-bond acceptors (Lipinski definition) is 2. The highest BCUT2D eigenvalue weighted by Crippen LogP contribution is 2.25. The summed E-state index contributed by atoms with van der Waals surface area (Å²) in [6.45, 7) is 2.13. The average Bonchev–Trinajstić information content (AvgIpc) is 2.47. The summed E-state index contributed by atoms with van der Waals surface area (Å²) in [6.07, 6.45) is 0.969. The van der Waals surface area contributed by atoms with E-state index in [0.717, 1.165) is 16.6 Å². The molecule has 0 aliphatic carbocycles. The Morgan fingerprint density at radius 1 is 1.15 bits per heavy atom. The molecule has 0 bridgehead atoms. The zero-order valence-corrected chi connectivity index (χ0v) is 13.7. The van der Waals surface area contributed by atoms with E-state index in [4.69, 9.17) is 4.74 Å². The molecule has 2 nitrogen and oxygen atoms in total. The Labute approximate surface area is 129 Å². The molecule has 0 saturated carbocycles. The summed E-state index contributed by atoms with van der Waals surface area (Å²) >= 11 is 3.47. The molecule has 2 aromatic carbocycles. The number of rotatable bonds is 5. The minimum atomic E-state index is 0.307. The fourth-order valence-corrected chi connectivity index (χ4v) is 2.65. The van der Waals surface area contributed by atoms with Crippen LogP contribution in [0.5, 0.6) is 5.75 Å². The van der Waals surface area contributed by atoms with Gasteiger partial charge >= 0.3 is 0 Å². The van der Waals surface area contributed by atoms with E-state index < -0.39 is 0 Å². The molecule has 3 heteroatoms. The van der Waals surface area contributed by atoms with Gasteiger partial charge < -0.3 is 10.1 Å². The van der Waals surface area contributed by atoms with Crippen molar-refractivity contribution in [3.8, 4) is 5.75 Å². The maximum Gasteiger partial charge on any atom is 0.119 e. The minimum absolute atomic E-state index is 0.307. The second-order valence-electron chi connectivity index (χ2n) is 4.89. The lowest BCUT2D eigenvalue weighted by Crippen LogP contribution is -2.19. The van der Waals surface area contributed by atoms with E-state index in [-0.39, 0.29) is 0 Å². The number of hydrogen-bond donors (Lipinski definition) is 1. The summed E-state index contributed by atoms with van der Waals surface area (Å²) in [5.74, 6) is 0.907. The van der Waals surface area contributed by atoms with Crippen LogP contribution >= 0.6 is 15.9 Å². The van der Waals surface area contributed by atoms with Crippen LogP contribution in [-0.2, 0) is 6.42 Å². The van der Waals surface area contributed by atoms with Crippen LogP contribution < -0.4 is 10.1 Å². The maximum absolute atomic E-state index is 5.27. The number of halogens is 1. The van der Waals surface area contributed by atoms with E-state index in [9.17, 15) is 0 Å². The first-order chi connectivity index (χ1) is 9.63. The van der Waals surface area contributed by atoms with E-state index in [1.807, 2.05) is 13.1 Å². The number of aryl methyl sites for hydroxylation is 1. The molecule has 0 spiro atoms. The lowest BCUT2D eigenvalue weighted by molar-refractivity contribution is 0.414. The normalized spacial score (nSPS) is 12.2. The van der Waals surface area contributed by atoms with Gasteiger partial charge in [0.05, 0.1) is 7.11 Å². The lowest BCUT2D eigenvalue weighted by Gasteiger charge is -2.19. The van der Waals surface area contributed by atoms with Crippen molar-refractivity contribution in [2.45, 2.75) is 19.4 Å². The molecule has 0 heterocycles. The molecule has 1 atom stereocenters. The zero-order valence-electron chi connectivity index (χ0n) is 12.1. The lowest BCUT2D eigenvalue weighted by atomic mass is 9.95. The quantitative estimate of drug-likeness (QED) is 0.882. The highest BCUT2D eigenvalue weighted by molar-refractivity contribution is 9.10. The Hall–Kier alpha value is -1.32. The van der Waals surface area contributed by atoms with Crippen molar-refractivity contribution in [3.05, 3.63) is 63.6 Å². The predicted molar refractivity (Wildman–Crippen MR) is 87.4 cm³/mol. The van der Waals surface area contributed by atoms with Gasteiger partial charge in [0.1, 0.15) is 5.75 Å². The van der Waals surface area contributed by atoms with Crippen molar-refractivity contribution in [3.63, 3.8) is 0 Å². The molecular formula is C17H20BrNO. The molecule has 0 fully saturated rings. The maximum atomic E-state index is 5.27. The second kappa shape index (κ2) is 6.91. The highest BCUT2D eigenvalue weighted by Gasteiger charge is 2.13. The molecule has 2 rings (SSSR count). The Morgan fingerprint density at radius 2 is 1.85 bits per heavy atom. The molecule has 0 aliphatic rings. The van der Waals surface area contributed by atoms with Crippen LogP contribution in [0, 0.1) is 6.92 Å². The van der Waals surface area contributed by atoms with Crippen LogP contribution in [0.25, 0.3) is 0 Å². The summed E-state index contributed by atoms with van der Waals surface area (Å²) in [6, 6.07) is 15.1. The molecule has 0 radical (unpaired) electrons. The van der Waals surface area contributed by atoms with Gasteiger partial charge in [-0.1, -0.05) is 34.1 Å². The number of likely N-dealkylation sites (N-methyl/N-ethyl adjacent to an activating group) is 1. The molecule has 0 aliphatic heterocycles. The van der Waals surface area contributed by atoms with Crippen molar-refractivity contribution in [2.75, 3.05) is 14.2 Å². The van der Waals surface area contributed by atoms with Crippen LogP contribution in [0.4, 0.5) is 0 Å². The molecule has 0 amide bonds. The number of methoxy groups -OCH3 is 1. The third kappa shape index (κ3) is 3.62. The Kier molecular flexibility index (Phi) is 5.21. The second-order valence-corrected chi connectivity index (χ2v) is 5.81. The monoisotopic (exact) mass is 333 g/mol. The van der Waals surface area contributed by atoms with Gasteiger partial charge in [0.15, 0.2) is 0 Å². The van der Waals surface area contributed by atoms with Crippen molar-refractivity contribution in [2.24, 2.45) is 0 Å². The van der Waals surface area contributed by atoms with E-state index in [0.29, 0.717) is 6.04 Å². The van der Waals surface area contributed by atoms with E-state index >= 15 is 0 Å². The summed E-state index contributed by atoms with van der Waals surface area (Å²) in [4.78, 5) is 0. The van der Waals surface area contributed by atoms with Crippen molar-refractivity contribution in [1.82, 2.24) is 5.32 Å². The SMILES string of the molecule is CNC(Cc1ccc(Br)cc1)c1ccc(OC)cc1C. The topological polar surface area (TPSA) is 21.3 Å². The Bertz CT molecular complexity index is 566. The molecule has 1 N–H and O–H groups in total. The van der Waals surface area contributed by atoms with Gasteiger partial charge in [0.25, 0.3) is 0 Å². The Balaban J connectivity index is 2.21. The third-order valence-corrected chi connectivity index (χ3v) is 4.08. The molecule has 1 unspecified atom stereocenters. The van der Waals surface area contributed by atoms with E-state index in [1.165, 1.54) is 16.7 Å². The van der Waals surface area contributed by atoms with Crippen LogP contribution in [0.3, 0.4) is 0 Å². The van der Waals surface area contributed by atoms with Gasteiger partial charge in [-0.05, 0) is 61.3 Å². The first kappa shape index (κ1) is 15.1. The fourth-order valence-electron chi connectivity index (χ4n) is 2.39. The summed E-state index contributed by atoms with van der Waals surface area (Å²) < 4.78 is 6.38. The van der Waals surface area contributed by atoms with Crippen LogP contribution in [0.2, 0.25) is 0 Å². The summed E-state index contributed by atoms with van der Waals surface area (Å²) in [7, 11) is 3.71. The number of benzene rings is 2. The molecule has 20 heavy (non-hydrogen) atoms. The van der Waals surface area contributed by atoms with Crippen LogP contribution in [0.1, 0.15) is 22.7 Å². The first-order valence-corrected chi connectivity index (χ1v) is 7.49. The minimum Gasteiger partial charge on any atom is -0.497 e. The average molecular weight is 334 g/mol. The zero-order chi connectivity index (χ0) is 14.5. The van der Waals surface area contributed by atoms with Gasteiger partial charge in [-0.2, -0.15) is 0 Å². The predicted octanol–water partition coefficient (Wildman–Crippen LogP) is 4.27. The van der Waals surface area contributed by atoms with E-state index in [2.05, 4.69) is 64.6 Å². The molecular weight excluding hydrogens is 314 g/mol. The van der Waals surface area contributed by atoms with Crippen molar-refractivity contribution >= 4 is 15.9 Å².